The number of carbonyl (C=O) groups excluding carboxylic acids is 1. The highest BCUT2D eigenvalue weighted by atomic mass is 16.5. The first kappa shape index (κ1) is 10.6. The van der Waals surface area contributed by atoms with E-state index in [2.05, 4.69) is 9.91 Å². The van der Waals surface area contributed by atoms with E-state index in [-0.39, 0.29) is 18.8 Å². The van der Waals surface area contributed by atoms with Gasteiger partial charge in [0, 0.05) is 6.42 Å². The molecular formula is C7H11NO4. The molecule has 0 amide bonds. The normalized spacial score (nSPS) is 11.8. The fraction of sp³-hybridized carbons (Fsp3) is 0.571. The lowest BCUT2D eigenvalue weighted by molar-refractivity contribution is -0.138. The zero-order chi connectivity index (χ0) is 9.56. The highest BCUT2D eigenvalue weighted by molar-refractivity contribution is 5.88. The maximum atomic E-state index is 10.8. The number of esters is 1. The summed E-state index contributed by atoms with van der Waals surface area (Å²) in [4.78, 5) is 20.9. The molecule has 5 nitrogen and oxygen atoms in total. The van der Waals surface area contributed by atoms with Gasteiger partial charge in [0.15, 0.2) is 0 Å². The molecule has 0 unspecified atom stereocenters. The summed E-state index contributed by atoms with van der Waals surface area (Å²) in [5.41, 5.74) is -0.542. The SMILES string of the molecule is CCOC(=O)/C(N=O)=C(/O)CC. The summed E-state index contributed by atoms with van der Waals surface area (Å²) in [6.45, 7) is 3.35. The van der Waals surface area contributed by atoms with Crippen molar-refractivity contribution in [2.45, 2.75) is 20.3 Å². The quantitative estimate of drug-likeness (QED) is 0.302. The molecule has 0 aromatic heterocycles. The molecule has 12 heavy (non-hydrogen) atoms. The first-order valence-electron chi connectivity index (χ1n) is 3.59. The number of allylic oxidation sites excluding steroid dienone is 1. The third-order valence-corrected chi connectivity index (χ3v) is 1.17. The Morgan fingerprint density at radius 2 is 2.08 bits per heavy atom. The van der Waals surface area contributed by atoms with Crippen LogP contribution in [0.2, 0.25) is 0 Å². The van der Waals surface area contributed by atoms with Crippen LogP contribution >= 0.6 is 0 Å². The zero-order valence-corrected chi connectivity index (χ0v) is 7.03. The minimum atomic E-state index is -0.883. The van der Waals surface area contributed by atoms with Crippen molar-refractivity contribution in [3.05, 3.63) is 16.4 Å². The molecule has 0 aliphatic carbocycles. The summed E-state index contributed by atoms with van der Waals surface area (Å²) in [6.07, 6.45) is 0.180. The van der Waals surface area contributed by atoms with Crippen molar-refractivity contribution in [2.75, 3.05) is 6.61 Å². The number of carbonyl (C=O) groups is 1. The minimum absolute atomic E-state index is 0.148. The molecule has 0 atom stereocenters. The van der Waals surface area contributed by atoms with Gasteiger partial charge in [-0.25, -0.2) is 4.79 Å². The van der Waals surface area contributed by atoms with Gasteiger partial charge in [-0.3, -0.25) is 0 Å². The van der Waals surface area contributed by atoms with Crippen LogP contribution in [0.3, 0.4) is 0 Å². The zero-order valence-electron chi connectivity index (χ0n) is 7.03. The van der Waals surface area contributed by atoms with E-state index in [4.69, 9.17) is 5.11 Å². The number of hydrogen-bond acceptors (Lipinski definition) is 5. The Morgan fingerprint density at radius 1 is 1.50 bits per heavy atom. The van der Waals surface area contributed by atoms with Crippen molar-refractivity contribution < 1.29 is 14.6 Å². The maximum absolute atomic E-state index is 10.8. The second kappa shape index (κ2) is 5.29. The Labute approximate surface area is 70.0 Å². The lowest BCUT2D eigenvalue weighted by atomic mass is 10.3. The van der Waals surface area contributed by atoms with E-state index in [1.54, 1.807) is 13.8 Å². The van der Waals surface area contributed by atoms with Gasteiger partial charge >= 0.3 is 5.97 Å². The number of aliphatic hydroxyl groups is 1. The van der Waals surface area contributed by atoms with Gasteiger partial charge in [-0.1, -0.05) is 6.92 Å². The van der Waals surface area contributed by atoms with E-state index in [9.17, 15) is 9.70 Å². The molecule has 0 rings (SSSR count). The van der Waals surface area contributed by atoms with E-state index in [1.807, 2.05) is 0 Å². The average Bonchev–Trinajstić information content (AvgIpc) is 2.06. The van der Waals surface area contributed by atoms with Crippen molar-refractivity contribution in [3.8, 4) is 0 Å². The second-order valence-electron chi connectivity index (χ2n) is 1.96. The van der Waals surface area contributed by atoms with Crippen molar-refractivity contribution in [3.63, 3.8) is 0 Å². The summed E-state index contributed by atoms with van der Waals surface area (Å²) >= 11 is 0. The van der Waals surface area contributed by atoms with E-state index in [0.717, 1.165) is 0 Å². The van der Waals surface area contributed by atoms with Gasteiger partial charge in [0.2, 0.25) is 5.70 Å². The highest BCUT2D eigenvalue weighted by Gasteiger charge is 2.15. The van der Waals surface area contributed by atoms with Gasteiger partial charge in [0.1, 0.15) is 5.76 Å². The molecule has 0 spiro atoms. The van der Waals surface area contributed by atoms with Crippen LogP contribution in [0.15, 0.2) is 16.6 Å². The van der Waals surface area contributed by atoms with Gasteiger partial charge < -0.3 is 9.84 Å². The molecule has 0 aromatic rings. The monoisotopic (exact) mass is 173 g/mol. The van der Waals surface area contributed by atoms with Crippen LogP contribution in [-0.4, -0.2) is 17.7 Å². The van der Waals surface area contributed by atoms with Gasteiger partial charge in [-0.05, 0) is 12.1 Å². The van der Waals surface area contributed by atoms with Crippen LogP contribution < -0.4 is 0 Å². The molecule has 68 valence electrons. The molecule has 0 aromatic carbocycles. The van der Waals surface area contributed by atoms with Crippen molar-refractivity contribution in [1.82, 2.24) is 0 Å². The third kappa shape index (κ3) is 2.69. The number of nitroso groups, excluding NO2 is 1. The lowest BCUT2D eigenvalue weighted by Crippen LogP contribution is -2.08. The topological polar surface area (TPSA) is 76.0 Å². The van der Waals surface area contributed by atoms with Gasteiger partial charge in [-0.2, -0.15) is 0 Å². The highest BCUT2D eigenvalue weighted by Crippen LogP contribution is 2.08. The molecule has 0 aliphatic heterocycles. The molecule has 1 N–H and O–H groups in total. The molecule has 0 fully saturated rings. The lowest BCUT2D eigenvalue weighted by Gasteiger charge is -2.00. The van der Waals surface area contributed by atoms with E-state index in [0.29, 0.717) is 0 Å². The molecule has 0 heterocycles. The first-order chi connectivity index (χ1) is 5.67. The van der Waals surface area contributed by atoms with Gasteiger partial charge in [0.05, 0.1) is 6.61 Å². The Bertz CT molecular complexity index is 209. The molecule has 0 bridgehead atoms. The average molecular weight is 173 g/mol. The fourth-order valence-corrected chi connectivity index (χ4v) is 0.575. The summed E-state index contributed by atoms with van der Waals surface area (Å²) in [6, 6.07) is 0. The predicted octanol–water partition coefficient (Wildman–Crippen LogP) is 1.50. The fourth-order valence-electron chi connectivity index (χ4n) is 0.575. The molecule has 0 saturated heterocycles. The van der Waals surface area contributed by atoms with Gasteiger partial charge in [-0.15, -0.1) is 4.91 Å². The Morgan fingerprint density at radius 3 is 2.42 bits per heavy atom. The largest absolute Gasteiger partial charge is 0.510 e. The molecular weight excluding hydrogens is 162 g/mol. The number of hydrogen-bond donors (Lipinski definition) is 1. The number of nitrogens with zero attached hydrogens (tertiary/aromatic N) is 1. The summed E-state index contributed by atoms with van der Waals surface area (Å²) in [7, 11) is 0. The van der Waals surface area contributed by atoms with Crippen LogP contribution in [0.1, 0.15) is 20.3 Å². The van der Waals surface area contributed by atoms with Crippen molar-refractivity contribution in [2.24, 2.45) is 5.18 Å². The molecule has 0 aliphatic rings. The van der Waals surface area contributed by atoms with Crippen LogP contribution in [0.4, 0.5) is 0 Å². The van der Waals surface area contributed by atoms with E-state index in [1.165, 1.54) is 0 Å². The second-order valence-corrected chi connectivity index (χ2v) is 1.96. The van der Waals surface area contributed by atoms with Gasteiger partial charge in [0.25, 0.3) is 0 Å². The standard InChI is InChI=1S/C7H11NO4/c1-3-5(9)6(8-11)7(10)12-4-2/h9H,3-4H2,1-2H3/b6-5-. The maximum Gasteiger partial charge on any atom is 0.364 e. The van der Waals surface area contributed by atoms with Crippen LogP contribution in [0, 0.1) is 4.91 Å². The number of aliphatic hydroxyl groups excluding tert-OH is 1. The Balaban J connectivity index is 4.55. The Kier molecular flexibility index (Phi) is 4.67. The van der Waals surface area contributed by atoms with E-state index >= 15 is 0 Å². The number of ether oxygens (including phenoxy) is 1. The van der Waals surface area contributed by atoms with E-state index < -0.39 is 11.7 Å². The van der Waals surface area contributed by atoms with Crippen molar-refractivity contribution >= 4 is 5.97 Å². The molecule has 0 saturated carbocycles. The number of rotatable bonds is 4. The summed E-state index contributed by atoms with van der Waals surface area (Å²) in [5, 5.41) is 11.4. The third-order valence-electron chi connectivity index (χ3n) is 1.17. The smallest absolute Gasteiger partial charge is 0.364 e. The van der Waals surface area contributed by atoms with Crippen LogP contribution in [-0.2, 0) is 9.53 Å². The first-order valence-corrected chi connectivity index (χ1v) is 3.59. The van der Waals surface area contributed by atoms with Crippen LogP contribution in [0.25, 0.3) is 0 Å². The molecule has 0 radical (unpaired) electrons. The summed E-state index contributed by atoms with van der Waals surface area (Å²) < 4.78 is 4.47. The van der Waals surface area contributed by atoms with Crippen molar-refractivity contribution in [1.29, 1.82) is 0 Å². The van der Waals surface area contributed by atoms with Crippen LogP contribution in [0.5, 0.6) is 0 Å². The molecule has 5 heteroatoms. The predicted molar refractivity (Wildman–Crippen MR) is 42.4 cm³/mol. The summed E-state index contributed by atoms with van der Waals surface area (Å²) in [5.74, 6) is -1.23. The Hall–Kier alpha value is -1.39. The minimum Gasteiger partial charge on any atom is -0.510 e.